The summed E-state index contributed by atoms with van der Waals surface area (Å²) in [5.74, 6) is 1.47. The molecule has 2 aliphatic heterocycles. The molecule has 2 N–H and O–H groups in total. The van der Waals surface area contributed by atoms with Gasteiger partial charge in [0.25, 0.3) is 0 Å². The number of carbonyl (C=O) groups excluding carboxylic acids is 2. The lowest BCUT2D eigenvalue weighted by atomic mass is 10.3. The molecule has 0 saturated carbocycles. The summed E-state index contributed by atoms with van der Waals surface area (Å²) in [6.45, 7) is 6.52. The Morgan fingerprint density at radius 3 is 2.70 bits per heavy atom. The normalized spacial score (nSPS) is 21.3. The molecule has 114 valence electrons. The Morgan fingerprint density at radius 2 is 1.90 bits per heavy atom. The van der Waals surface area contributed by atoms with Gasteiger partial charge in [-0.25, -0.2) is 0 Å². The monoisotopic (exact) mass is 300 g/mol. The van der Waals surface area contributed by atoms with Crippen molar-refractivity contribution in [3.63, 3.8) is 0 Å². The van der Waals surface area contributed by atoms with Gasteiger partial charge in [-0.05, 0) is 13.0 Å². The lowest BCUT2D eigenvalue weighted by Crippen LogP contribution is -2.46. The van der Waals surface area contributed by atoms with Crippen molar-refractivity contribution in [1.82, 2.24) is 20.4 Å². The average molecular weight is 300 g/mol. The smallest absolute Gasteiger partial charge is 0.311 e. The van der Waals surface area contributed by atoms with Gasteiger partial charge in [0, 0.05) is 57.3 Å². The highest BCUT2D eigenvalue weighted by atomic mass is 32.2. The molecule has 7 heteroatoms. The second-order valence-corrected chi connectivity index (χ2v) is 6.33. The van der Waals surface area contributed by atoms with E-state index in [9.17, 15) is 9.59 Å². The lowest BCUT2D eigenvalue weighted by Gasteiger charge is -2.26. The van der Waals surface area contributed by atoms with Crippen molar-refractivity contribution in [3.8, 4) is 0 Å². The summed E-state index contributed by atoms with van der Waals surface area (Å²) in [6, 6.07) is 0. The van der Waals surface area contributed by atoms with E-state index < -0.39 is 5.91 Å². The molecule has 2 heterocycles. The number of nitrogens with one attached hydrogen (secondary N) is 2. The summed E-state index contributed by atoms with van der Waals surface area (Å²) in [7, 11) is 0. The first-order valence-electron chi connectivity index (χ1n) is 7.35. The maximum atomic E-state index is 12.0. The predicted octanol–water partition coefficient (Wildman–Crippen LogP) is -1.03. The molecule has 2 amide bonds. The molecule has 2 fully saturated rings. The fourth-order valence-corrected chi connectivity index (χ4v) is 3.40. The van der Waals surface area contributed by atoms with Gasteiger partial charge in [-0.15, -0.1) is 0 Å². The summed E-state index contributed by atoms with van der Waals surface area (Å²) in [4.78, 5) is 27.8. The maximum absolute atomic E-state index is 12.0. The van der Waals surface area contributed by atoms with E-state index in [0.717, 1.165) is 50.7 Å². The molecule has 20 heavy (non-hydrogen) atoms. The standard InChI is InChI=1S/C13H24N4O2S/c18-12(13(19)17-5-1-2-14-3-7-17)15-4-6-16-8-10-20-11-9-16/h14H,1-11H2,(H,15,18). The van der Waals surface area contributed by atoms with Crippen molar-refractivity contribution >= 4 is 23.6 Å². The molecule has 2 aliphatic rings. The van der Waals surface area contributed by atoms with E-state index in [4.69, 9.17) is 0 Å². The first-order valence-corrected chi connectivity index (χ1v) is 8.51. The van der Waals surface area contributed by atoms with Crippen LogP contribution >= 0.6 is 11.8 Å². The fraction of sp³-hybridized carbons (Fsp3) is 0.846. The van der Waals surface area contributed by atoms with Crippen LogP contribution in [0.2, 0.25) is 0 Å². The highest BCUT2D eigenvalue weighted by Crippen LogP contribution is 2.07. The van der Waals surface area contributed by atoms with E-state index in [1.807, 2.05) is 11.8 Å². The molecule has 0 atom stereocenters. The highest BCUT2D eigenvalue weighted by molar-refractivity contribution is 7.99. The van der Waals surface area contributed by atoms with Crippen LogP contribution in [0, 0.1) is 0 Å². The van der Waals surface area contributed by atoms with Crippen molar-refractivity contribution in [2.45, 2.75) is 6.42 Å². The van der Waals surface area contributed by atoms with E-state index in [1.165, 1.54) is 0 Å². The summed E-state index contributed by atoms with van der Waals surface area (Å²) < 4.78 is 0. The van der Waals surface area contributed by atoms with Gasteiger partial charge >= 0.3 is 11.8 Å². The van der Waals surface area contributed by atoms with Gasteiger partial charge in [-0.1, -0.05) is 0 Å². The molecule has 0 spiro atoms. The highest BCUT2D eigenvalue weighted by Gasteiger charge is 2.22. The summed E-state index contributed by atoms with van der Waals surface area (Å²) >= 11 is 1.97. The third kappa shape index (κ3) is 4.96. The summed E-state index contributed by atoms with van der Waals surface area (Å²) in [5, 5.41) is 5.97. The van der Waals surface area contributed by atoms with E-state index in [2.05, 4.69) is 15.5 Å². The Labute approximate surface area is 124 Å². The largest absolute Gasteiger partial charge is 0.347 e. The second-order valence-electron chi connectivity index (χ2n) is 5.11. The third-order valence-corrected chi connectivity index (χ3v) is 4.58. The SMILES string of the molecule is O=C(NCCN1CCSCC1)C(=O)N1CCCNCC1. The second kappa shape index (κ2) is 8.49. The molecular formula is C13H24N4O2S. The number of rotatable bonds is 3. The van der Waals surface area contributed by atoms with Crippen LogP contribution in [0.15, 0.2) is 0 Å². The summed E-state index contributed by atoms with van der Waals surface area (Å²) in [6.07, 6.45) is 0.907. The lowest BCUT2D eigenvalue weighted by molar-refractivity contribution is -0.145. The molecule has 0 radical (unpaired) electrons. The third-order valence-electron chi connectivity index (χ3n) is 3.64. The number of hydrogen-bond donors (Lipinski definition) is 2. The zero-order chi connectivity index (χ0) is 14.2. The van der Waals surface area contributed by atoms with E-state index in [-0.39, 0.29) is 5.91 Å². The fourth-order valence-electron chi connectivity index (χ4n) is 2.42. The maximum Gasteiger partial charge on any atom is 0.311 e. The minimum absolute atomic E-state index is 0.386. The Bertz CT molecular complexity index is 326. The van der Waals surface area contributed by atoms with Gasteiger partial charge in [0.1, 0.15) is 0 Å². The van der Waals surface area contributed by atoms with Crippen LogP contribution < -0.4 is 10.6 Å². The van der Waals surface area contributed by atoms with E-state index in [0.29, 0.717) is 19.6 Å². The Balaban J connectivity index is 1.66. The molecule has 0 aromatic rings. The van der Waals surface area contributed by atoms with Crippen LogP contribution in [0.5, 0.6) is 0 Å². The van der Waals surface area contributed by atoms with Crippen LogP contribution in [0.3, 0.4) is 0 Å². The number of hydrogen-bond acceptors (Lipinski definition) is 5. The van der Waals surface area contributed by atoms with Gasteiger partial charge in [-0.2, -0.15) is 11.8 Å². The number of thioether (sulfide) groups is 1. The van der Waals surface area contributed by atoms with Crippen molar-refractivity contribution < 1.29 is 9.59 Å². The molecule has 6 nitrogen and oxygen atoms in total. The van der Waals surface area contributed by atoms with E-state index >= 15 is 0 Å². The van der Waals surface area contributed by atoms with Gasteiger partial charge in [0.15, 0.2) is 0 Å². The first kappa shape index (κ1) is 15.6. The van der Waals surface area contributed by atoms with Crippen LogP contribution in [-0.4, -0.2) is 85.5 Å². The van der Waals surface area contributed by atoms with E-state index in [1.54, 1.807) is 4.90 Å². The minimum Gasteiger partial charge on any atom is -0.347 e. The topological polar surface area (TPSA) is 64.7 Å². The summed E-state index contributed by atoms with van der Waals surface area (Å²) in [5.41, 5.74) is 0. The Morgan fingerprint density at radius 1 is 1.10 bits per heavy atom. The van der Waals surface area contributed by atoms with Crippen molar-refractivity contribution in [2.75, 3.05) is 63.9 Å². The van der Waals surface area contributed by atoms with Crippen LogP contribution in [0.25, 0.3) is 0 Å². The number of carbonyl (C=O) groups is 2. The van der Waals surface area contributed by atoms with Crippen LogP contribution in [-0.2, 0) is 9.59 Å². The number of amides is 2. The zero-order valence-corrected chi connectivity index (χ0v) is 12.7. The molecule has 2 saturated heterocycles. The average Bonchev–Trinajstić information content (AvgIpc) is 2.76. The molecule has 0 bridgehead atoms. The van der Waals surface area contributed by atoms with Gasteiger partial charge in [0.05, 0.1) is 0 Å². The van der Waals surface area contributed by atoms with Gasteiger partial charge in [-0.3, -0.25) is 14.5 Å². The van der Waals surface area contributed by atoms with Crippen molar-refractivity contribution in [2.24, 2.45) is 0 Å². The Hall–Kier alpha value is -0.790. The van der Waals surface area contributed by atoms with Gasteiger partial charge in [0.2, 0.25) is 0 Å². The molecule has 0 aromatic carbocycles. The predicted molar refractivity (Wildman–Crippen MR) is 80.8 cm³/mol. The molecule has 0 aliphatic carbocycles. The molecular weight excluding hydrogens is 276 g/mol. The molecule has 0 unspecified atom stereocenters. The molecule has 2 rings (SSSR count). The van der Waals surface area contributed by atoms with Gasteiger partial charge < -0.3 is 15.5 Å². The zero-order valence-electron chi connectivity index (χ0n) is 11.9. The van der Waals surface area contributed by atoms with Crippen molar-refractivity contribution in [1.29, 1.82) is 0 Å². The quantitative estimate of drug-likeness (QED) is 0.653. The minimum atomic E-state index is -0.460. The molecule has 0 aromatic heterocycles. The first-order chi connectivity index (χ1) is 9.77. The Kier molecular flexibility index (Phi) is 6.62. The number of nitrogens with zero attached hydrogens (tertiary/aromatic N) is 2. The van der Waals surface area contributed by atoms with Crippen LogP contribution in [0.1, 0.15) is 6.42 Å². The van der Waals surface area contributed by atoms with Crippen molar-refractivity contribution in [3.05, 3.63) is 0 Å². The van der Waals surface area contributed by atoms with Crippen LogP contribution in [0.4, 0.5) is 0 Å².